The van der Waals surface area contributed by atoms with E-state index < -0.39 is 5.97 Å². The van der Waals surface area contributed by atoms with Crippen LogP contribution in [-0.2, 0) is 16.0 Å². The number of aliphatic carboxylic acids is 1. The standard InChI is InChI=1S/C19H21NO4/c1-14(16-10-7-15(8-11-16)9-12-19(22)23)20-18(21)13-24-17-5-3-2-4-6-17/h2-8,10-11,14H,9,12-13H2,1H3,(H,20,21)(H,22,23). The Morgan fingerprint density at radius 1 is 1.08 bits per heavy atom. The second-order valence-electron chi connectivity index (χ2n) is 5.53. The molecule has 0 aliphatic carbocycles. The van der Waals surface area contributed by atoms with Gasteiger partial charge in [0.25, 0.3) is 5.91 Å². The van der Waals surface area contributed by atoms with E-state index in [9.17, 15) is 9.59 Å². The van der Waals surface area contributed by atoms with Gasteiger partial charge < -0.3 is 15.2 Å². The number of rotatable bonds is 8. The molecule has 5 nitrogen and oxygen atoms in total. The van der Waals surface area contributed by atoms with Crippen LogP contribution in [0.15, 0.2) is 54.6 Å². The number of hydrogen-bond donors (Lipinski definition) is 2. The largest absolute Gasteiger partial charge is 0.484 e. The number of nitrogens with one attached hydrogen (secondary N) is 1. The third-order valence-electron chi connectivity index (χ3n) is 3.60. The summed E-state index contributed by atoms with van der Waals surface area (Å²) < 4.78 is 5.41. The van der Waals surface area contributed by atoms with Crippen LogP contribution in [0.4, 0.5) is 0 Å². The highest BCUT2D eigenvalue weighted by atomic mass is 16.5. The molecule has 2 rings (SSSR count). The van der Waals surface area contributed by atoms with Crippen molar-refractivity contribution >= 4 is 11.9 Å². The number of hydrogen-bond acceptors (Lipinski definition) is 3. The lowest BCUT2D eigenvalue weighted by Gasteiger charge is -2.15. The van der Waals surface area contributed by atoms with Gasteiger partial charge in [0, 0.05) is 6.42 Å². The number of carboxylic acid groups (broad SMARTS) is 1. The summed E-state index contributed by atoms with van der Waals surface area (Å²) in [5, 5.41) is 11.6. The van der Waals surface area contributed by atoms with Gasteiger partial charge in [-0.3, -0.25) is 9.59 Å². The molecule has 2 N–H and O–H groups in total. The summed E-state index contributed by atoms with van der Waals surface area (Å²) in [6, 6.07) is 16.6. The maximum Gasteiger partial charge on any atom is 0.303 e. The maximum absolute atomic E-state index is 11.9. The van der Waals surface area contributed by atoms with Crippen LogP contribution < -0.4 is 10.1 Å². The van der Waals surface area contributed by atoms with Gasteiger partial charge in [0.05, 0.1) is 6.04 Å². The Morgan fingerprint density at radius 3 is 2.38 bits per heavy atom. The van der Waals surface area contributed by atoms with Crippen LogP contribution in [0, 0.1) is 0 Å². The predicted molar refractivity (Wildman–Crippen MR) is 90.9 cm³/mol. The van der Waals surface area contributed by atoms with Crippen LogP contribution in [0.3, 0.4) is 0 Å². The molecule has 0 spiro atoms. The van der Waals surface area contributed by atoms with Crippen molar-refractivity contribution < 1.29 is 19.4 Å². The molecule has 0 aliphatic rings. The van der Waals surface area contributed by atoms with Gasteiger partial charge in [0.1, 0.15) is 5.75 Å². The lowest BCUT2D eigenvalue weighted by Crippen LogP contribution is -2.31. The normalized spacial score (nSPS) is 11.5. The fourth-order valence-corrected chi connectivity index (χ4v) is 2.26. The van der Waals surface area contributed by atoms with Gasteiger partial charge in [0.15, 0.2) is 6.61 Å². The molecule has 0 saturated heterocycles. The van der Waals surface area contributed by atoms with Gasteiger partial charge in [-0.2, -0.15) is 0 Å². The van der Waals surface area contributed by atoms with E-state index in [2.05, 4.69) is 5.32 Å². The van der Waals surface area contributed by atoms with Crippen molar-refractivity contribution in [3.8, 4) is 5.75 Å². The minimum absolute atomic E-state index is 0.0367. The molecule has 0 aromatic heterocycles. The van der Waals surface area contributed by atoms with Crippen LogP contribution in [0.1, 0.15) is 30.5 Å². The van der Waals surface area contributed by atoms with E-state index in [1.807, 2.05) is 49.4 Å². The van der Waals surface area contributed by atoms with Gasteiger partial charge in [-0.15, -0.1) is 0 Å². The molecule has 2 aromatic carbocycles. The summed E-state index contributed by atoms with van der Waals surface area (Å²) in [4.78, 5) is 22.5. The van der Waals surface area contributed by atoms with Gasteiger partial charge in [-0.25, -0.2) is 0 Å². The lowest BCUT2D eigenvalue weighted by molar-refractivity contribution is -0.137. The van der Waals surface area contributed by atoms with E-state index in [1.165, 1.54) is 0 Å². The number of aryl methyl sites for hydroxylation is 1. The highest BCUT2D eigenvalue weighted by molar-refractivity contribution is 5.78. The third-order valence-corrected chi connectivity index (χ3v) is 3.60. The van der Waals surface area contributed by atoms with Crippen molar-refractivity contribution in [2.45, 2.75) is 25.8 Å². The fourth-order valence-electron chi connectivity index (χ4n) is 2.26. The van der Waals surface area contributed by atoms with E-state index in [0.29, 0.717) is 12.2 Å². The summed E-state index contributed by atoms with van der Waals surface area (Å²) >= 11 is 0. The molecule has 126 valence electrons. The lowest BCUT2D eigenvalue weighted by atomic mass is 10.0. The number of para-hydroxylation sites is 1. The Hall–Kier alpha value is -2.82. The SMILES string of the molecule is CC(NC(=O)COc1ccccc1)c1ccc(CCC(=O)O)cc1. The topological polar surface area (TPSA) is 75.6 Å². The zero-order valence-electron chi connectivity index (χ0n) is 13.6. The Labute approximate surface area is 141 Å². The summed E-state index contributed by atoms with van der Waals surface area (Å²) in [6.07, 6.45) is 0.615. The number of benzene rings is 2. The maximum atomic E-state index is 11.9. The Kier molecular flexibility index (Phi) is 6.37. The first-order chi connectivity index (χ1) is 11.5. The molecule has 0 radical (unpaired) electrons. The van der Waals surface area contributed by atoms with E-state index in [4.69, 9.17) is 9.84 Å². The van der Waals surface area contributed by atoms with Gasteiger partial charge in [-0.1, -0.05) is 42.5 Å². The van der Waals surface area contributed by atoms with Crippen molar-refractivity contribution in [3.63, 3.8) is 0 Å². The first-order valence-electron chi connectivity index (χ1n) is 7.82. The molecule has 5 heteroatoms. The second-order valence-corrected chi connectivity index (χ2v) is 5.53. The molecular weight excluding hydrogens is 306 g/mol. The number of ether oxygens (including phenoxy) is 1. The van der Waals surface area contributed by atoms with Crippen molar-refractivity contribution in [3.05, 3.63) is 65.7 Å². The Balaban J connectivity index is 1.81. The van der Waals surface area contributed by atoms with Crippen LogP contribution in [0.5, 0.6) is 5.75 Å². The molecule has 0 fully saturated rings. The highest BCUT2D eigenvalue weighted by Crippen LogP contribution is 2.14. The van der Waals surface area contributed by atoms with Gasteiger partial charge in [-0.05, 0) is 36.6 Å². The summed E-state index contributed by atoms with van der Waals surface area (Å²) in [5.41, 5.74) is 1.93. The molecule has 0 saturated carbocycles. The Bertz CT molecular complexity index is 668. The van der Waals surface area contributed by atoms with Gasteiger partial charge >= 0.3 is 5.97 Å². The average Bonchev–Trinajstić information content (AvgIpc) is 2.59. The summed E-state index contributed by atoms with van der Waals surface area (Å²) in [5.74, 6) is -0.345. The van der Waals surface area contributed by atoms with E-state index >= 15 is 0 Å². The zero-order chi connectivity index (χ0) is 17.4. The smallest absolute Gasteiger partial charge is 0.303 e. The predicted octanol–water partition coefficient (Wildman–Crippen LogP) is 2.96. The van der Waals surface area contributed by atoms with Crippen LogP contribution in [0.25, 0.3) is 0 Å². The minimum Gasteiger partial charge on any atom is -0.484 e. The summed E-state index contributed by atoms with van der Waals surface area (Å²) in [6.45, 7) is 1.86. The molecule has 0 heterocycles. The van der Waals surface area contributed by atoms with Crippen LogP contribution >= 0.6 is 0 Å². The molecule has 1 amide bonds. The van der Waals surface area contributed by atoms with Crippen molar-refractivity contribution in [1.29, 1.82) is 0 Å². The third kappa shape index (κ3) is 5.76. The monoisotopic (exact) mass is 327 g/mol. The molecule has 0 aliphatic heterocycles. The van der Waals surface area contributed by atoms with Gasteiger partial charge in [0.2, 0.25) is 0 Å². The second kappa shape index (κ2) is 8.72. The first-order valence-corrected chi connectivity index (χ1v) is 7.82. The van der Waals surface area contributed by atoms with Crippen molar-refractivity contribution in [2.24, 2.45) is 0 Å². The highest BCUT2D eigenvalue weighted by Gasteiger charge is 2.10. The molecule has 1 atom stereocenters. The van der Waals surface area contributed by atoms with Crippen LogP contribution in [0.2, 0.25) is 0 Å². The molecule has 1 unspecified atom stereocenters. The molecule has 0 bridgehead atoms. The minimum atomic E-state index is -0.807. The first kappa shape index (κ1) is 17.5. The van der Waals surface area contributed by atoms with E-state index in [1.54, 1.807) is 12.1 Å². The molecule has 24 heavy (non-hydrogen) atoms. The molecule has 2 aromatic rings. The van der Waals surface area contributed by atoms with Crippen molar-refractivity contribution in [1.82, 2.24) is 5.32 Å². The number of carboxylic acids is 1. The van der Waals surface area contributed by atoms with E-state index in [-0.39, 0.29) is 25.0 Å². The number of amides is 1. The Morgan fingerprint density at radius 2 is 1.75 bits per heavy atom. The van der Waals surface area contributed by atoms with E-state index in [0.717, 1.165) is 11.1 Å². The average molecular weight is 327 g/mol. The van der Waals surface area contributed by atoms with Crippen molar-refractivity contribution in [2.75, 3.05) is 6.61 Å². The summed E-state index contributed by atoms with van der Waals surface area (Å²) in [7, 11) is 0. The zero-order valence-corrected chi connectivity index (χ0v) is 13.6. The quantitative estimate of drug-likeness (QED) is 0.781. The van der Waals surface area contributed by atoms with Crippen LogP contribution in [-0.4, -0.2) is 23.6 Å². The molecular formula is C19H21NO4. The number of carbonyl (C=O) groups is 2. The number of carbonyl (C=O) groups excluding carboxylic acids is 1. The fraction of sp³-hybridized carbons (Fsp3) is 0.263.